The maximum atomic E-state index is 5.84. The number of hydrogen-bond donors (Lipinski definition) is 1. The minimum Gasteiger partial charge on any atom is -0.396 e. The molecule has 0 fully saturated rings. The zero-order chi connectivity index (χ0) is 8.72. The number of anilines is 1. The monoisotopic (exact) mass is 198 g/mol. The molecule has 0 aliphatic rings. The van der Waals surface area contributed by atoms with Crippen LogP contribution < -0.4 is 5.73 Å². The summed E-state index contributed by atoms with van der Waals surface area (Å²) in [5.41, 5.74) is 7.15. The van der Waals surface area contributed by atoms with Crippen LogP contribution in [0.1, 0.15) is 5.01 Å². The van der Waals surface area contributed by atoms with E-state index >= 15 is 0 Å². The second-order valence-electron chi connectivity index (χ2n) is 2.54. The molecule has 0 saturated heterocycles. The smallest absolute Gasteiger partial charge is 0.106 e. The Balaban J connectivity index is 2.89. The Morgan fingerprint density at radius 3 is 3.00 bits per heavy atom. The van der Waals surface area contributed by atoms with E-state index in [1.807, 2.05) is 13.0 Å². The highest BCUT2D eigenvalue weighted by atomic mass is 35.5. The third-order valence-electron chi connectivity index (χ3n) is 1.65. The van der Waals surface area contributed by atoms with Crippen molar-refractivity contribution >= 4 is 38.8 Å². The lowest BCUT2D eigenvalue weighted by molar-refractivity contribution is 1.35. The van der Waals surface area contributed by atoms with Crippen LogP contribution in [0.5, 0.6) is 0 Å². The maximum absolute atomic E-state index is 5.84. The Kier molecular flexibility index (Phi) is 1.70. The first-order chi connectivity index (χ1) is 5.68. The molecule has 2 aromatic rings. The zero-order valence-electron chi connectivity index (χ0n) is 6.47. The highest BCUT2D eigenvalue weighted by molar-refractivity contribution is 7.18. The van der Waals surface area contributed by atoms with Gasteiger partial charge >= 0.3 is 0 Å². The van der Waals surface area contributed by atoms with Gasteiger partial charge in [-0.2, -0.15) is 0 Å². The van der Waals surface area contributed by atoms with Crippen LogP contribution in [0.2, 0.25) is 5.02 Å². The van der Waals surface area contributed by atoms with E-state index in [-0.39, 0.29) is 0 Å². The van der Waals surface area contributed by atoms with Gasteiger partial charge in [-0.25, -0.2) is 4.98 Å². The highest BCUT2D eigenvalue weighted by Crippen LogP contribution is 2.31. The van der Waals surface area contributed by atoms with Crippen LogP contribution in [0, 0.1) is 6.92 Å². The van der Waals surface area contributed by atoms with Gasteiger partial charge < -0.3 is 5.73 Å². The summed E-state index contributed by atoms with van der Waals surface area (Å²) in [4.78, 5) is 4.28. The second-order valence-corrected chi connectivity index (χ2v) is 4.18. The molecule has 0 saturated carbocycles. The SMILES string of the molecule is Cc1nc2c(N)c(Cl)ccc2s1. The van der Waals surface area contributed by atoms with Crippen molar-refractivity contribution in [1.29, 1.82) is 0 Å². The molecule has 2 N–H and O–H groups in total. The largest absolute Gasteiger partial charge is 0.396 e. The van der Waals surface area contributed by atoms with E-state index in [0.29, 0.717) is 10.7 Å². The number of nitrogens with zero attached hydrogens (tertiary/aromatic N) is 1. The number of thiazole rings is 1. The van der Waals surface area contributed by atoms with Gasteiger partial charge in [0.2, 0.25) is 0 Å². The third-order valence-corrected chi connectivity index (χ3v) is 2.92. The van der Waals surface area contributed by atoms with Gasteiger partial charge in [0.15, 0.2) is 0 Å². The molecule has 1 heterocycles. The summed E-state index contributed by atoms with van der Waals surface area (Å²) in [6.07, 6.45) is 0. The molecule has 0 spiro atoms. The van der Waals surface area contributed by atoms with Crippen LogP contribution >= 0.6 is 22.9 Å². The van der Waals surface area contributed by atoms with Crippen molar-refractivity contribution in [2.75, 3.05) is 5.73 Å². The van der Waals surface area contributed by atoms with Crippen LogP contribution in [0.4, 0.5) is 5.69 Å². The molecular formula is C8H7ClN2S. The van der Waals surface area contributed by atoms with E-state index in [4.69, 9.17) is 17.3 Å². The first-order valence-corrected chi connectivity index (χ1v) is 4.69. The molecule has 1 aromatic carbocycles. The topological polar surface area (TPSA) is 38.9 Å². The molecule has 4 heteroatoms. The Morgan fingerprint density at radius 2 is 2.25 bits per heavy atom. The normalized spacial score (nSPS) is 10.8. The van der Waals surface area contributed by atoms with E-state index in [1.165, 1.54) is 0 Å². The number of aryl methyl sites for hydroxylation is 1. The van der Waals surface area contributed by atoms with Crippen LogP contribution in [-0.2, 0) is 0 Å². The molecular weight excluding hydrogens is 192 g/mol. The van der Waals surface area contributed by atoms with Crippen molar-refractivity contribution in [3.05, 3.63) is 22.2 Å². The summed E-state index contributed by atoms with van der Waals surface area (Å²) in [6.45, 7) is 1.96. The van der Waals surface area contributed by atoms with Crippen molar-refractivity contribution in [1.82, 2.24) is 4.98 Å². The lowest BCUT2D eigenvalue weighted by Gasteiger charge is -1.96. The first kappa shape index (κ1) is 7.83. The molecule has 62 valence electrons. The van der Waals surface area contributed by atoms with E-state index in [0.717, 1.165) is 15.2 Å². The maximum Gasteiger partial charge on any atom is 0.106 e. The Bertz CT molecular complexity index is 436. The summed E-state index contributed by atoms with van der Waals surface area (Å²) >= 11 is 7.46. The number of benzene rings is 1. The van der Waals surface area contributed by atoms with Gasteiger partial charge in [0.1, 0.15) is 5.52 Å². The molecule has 1 aromatic heterocycles. The van der Waals surface area contributed by atoms with Crippen molar-refractivity contribution < 1.29 is 0 Å². The number of halogens is 1. The van der Waals surface area contributed by atoms with E-state index < -0.39 is 0 Å². The standard InChI is InChI=1S/C8H7ClN2S/c1-4-11-8-6(12-4)3-2-5(9)7(8)10/h2-3H,10H2,1H3. The number of hydrogen-bond acceptors (Lipinski definition) is 3. The fraction of sp³-hybridized carbons (Fsp3) is 0.125. The number of aromatic nitrogens is 1. The van der Waals surface area contributed by atoms with Gasteiger partial charge in [-0.05, 0) is 19.1 Å². The molecule has 12 heavy (non-hydrogen) atoms. The molecule has 2 rings (SSSR count). The number of nitrogen functional groups attached to an aromatic ring is 1. The highest BCUT2D eigenvalue weighted by Gasteiger charge is 2.06. The van der Waals surface area contributed by atoms with Gasteiger partial charge in [-0.15, -0.1) is 11.3 Å². The third kappa shape index (κ3) is 1.06. The Labute approximate surface area is 79.0 Å². The van der Waals surface area contributed by atoms with Gasteiger partial charge in [-0.3, -0.25) is 0 Å². The fourth-order valence-corrected chi connectivity index (χ4v) is 2.10. The molecule has 0 atom stereocenters. The minimum atomic E-state index is 0.577. The molecule has 0 bridgehead atoms. The molecule has 0 amide bonds. The van der Waals surface area contributed by atoms with Crippen LogP contribution in [0.25, 0.3) is 10.2 Å². The van der Waals surface area contributed by atoms with E-state index in [2.05, 4.69) is 4.98 Å². The minimum absolute atomic E-state index is 0.577. The van der Waals surface area contributed by atoms with Gasteiger partial charge in [0.05, 0.1) is 20.4 Å². The Hall–Kier alpha value is -0.800. The quantitative estimate of drug-likeness (QED) is 0.662. The van der Waals surface area contributed by atoms with Gasteiger partial charge in [0, 0.05) is 0 Å². The van der Waals surface area contributed by atoms with Crippen LogP contribution in [0.15, 0.2) is 12.1 Å². The lowest BCUT2D eigenvalue weighted by atomic mass is 10.3. The predicted molar refractivity (Wildman–Crippen MR) is 53.8 cm³/mol. The number of rotatable bonds is 0. The molecule has 2 nitrogen and oxygen atoms in total. The average Bonchev–Trinajstić information content (AvgIpc) is 2.39. The Morgan fingerprint density at radius 1 is 1.50 bits per heavy atom. The van der Waals surface area contributed by atoms with Crippen molar-refractivity contribution in [3.63, 3.8) is 0 Å². The average molecular weight is 199 g/mol. The van der Waals surface area contributed by atoms with Crippen LogP contribution in [0.3, 0.4) is 0 Å². The summed E-state index contributed by atoms with van der Waals surface area (Å²) in [6, 6.07) is 3.75. The molecule has 0 aliphatic heterocycles. The predicted octanol–water partition coefficient (Wildman–Crippen LogP) is 2.84. The first-order valence-electron chi connectivity index (χ1n) is 3.49. The molecule has 0 radical (unpaired) electrons. The second kappa shape index (κ2) is 2.61. The van der Waals surface area contributed by atoms with Crippen LogP contribution in [-0.4, -0.2) is 4.98 Å². The van der Waals surface area contributed by atoms with Crippen molar-refractivity contribution in [2.24, 2.45) is 0 Å². The lowest BCUT2D eigenvalue weighted by Crippen LogP contribution is -1.87. The molecule has 0 unspecified atom stereocenters. The number of fused-ring (bicyclic) bond motifs is 1. The summed E-state index contributed by atoms with van der Waals surface area (Å²) in [5, 5.41) is 1.59. The van der Waals surface area contributed by atoms with E-state index in [1.54, 1.807) is 17.4 Å². The van der Waals surface area contributed by atoms with Crippen molar-refractivity contribution in [3.8, 4) is 0 Å². The zero-order valence-corrected chi connectivity index (χ0v) is 8.04. The number of nitrogens with two attached hydrogens (primary N) is 1. The van der Waals surface area contributed by atoms with Gasteiger partial charge in [-0.1, -0.05) is 11.6 Å². The summed E-state index contributed by atoms with van der Waals surface area (Å²) in [5.74, 6) is 0. The summed E-state index contributed by atoms with van der Waals surface area (Å²) in [7, 11) is 0. The fourth-order valence-electron chi connectivity index (χ4n) is 1.10. The van der Waals surface area contributed by atoms with Gasteiger partial charge in [0.25, 0.3) is 0 Å². The van der Waals surface area contributed by atoms with Crippen molar-refractivity contribution in [2.45, 2.75) is 6.92 Å². The van der Waals surface area contributed by atoms with E-state index in [9.17, 15) is 0 Å². The summed E-state index contributed by atoms with van der Waals surface area (Å²) < 4.78 is 1.09. The molecule has 0 aliphatic carbocycles.